The monoisotopic (exact) mass is 490 g/mol. The summed E-state index contributed by atoms with van der Waals surface area (Å²) >= 11 is 0. The van der Waals surface area contributed by atoms with Crippen LogP contribution in [0.4, 0.5) is 14.5 Å². The zero-order valence-electron chi connectivity index (χ0n) is 20.6. The van der Waals surface area contributed by atoms with Crippen molar-refractivity contribution in [2.45, 2.75) is 78.1 Å². The van der Waals surface area contributed by atoms with E-state index >= 15 is 8.78 Å². The van der Waals surface area contributed by atoms with Crippen LogP contribution < -0.4 is 0 Å². The third-order valence-electron chi connectivity index (χ3n) is 6.69. The third kappa shape index (κ3) is 6.45. The van der Waals surface area contributed by atoms with Crippen LogP contribution in [0.3, 0.4) is 0 Å². The lowest BCUT2D eigenvalue weighted by Gasteiger charge is -2.23. The Hall–Kier alpha value is -1.71. The molecule has 0 amide bonds. The van der Waals surface area contributed by atoms with Crippen LogP contribution in [-0.4, -0.2) is 56.6 Å². The third-order valence-corrected chi connectivity index (χ3v) is 7.99. The topological polar surface area (TPSA) is 83.7 Å². The molecule has 1 heterocycles. The minimum absolute atomic E-state index is 0.110. The molecular formula is C24H38F2NO5S+. The zero-order valence-corrected chi connectivity index (χ0v) is 21.4. The van der Waals surface area contributed by atoms with Crippen LogP contribution in [0, 0.1) is 25.5 Å². The maximum Gasteiger partial charge on any atom is 0.267 e. The molecule has 1 aromatic rings. The van der Waals surface area contributed by atoms with Gasteiger partial charge in [0.25, 0.3) is 10.1 Å². The molecule has 0 spiro atoms. The zero-order chi connectivity index (χ0) is 25.4. The Labute approximate surface area is 196 Å². The maximum atomic E-state index is 15.5. The molecule has 1 aliphatic heterocycles. The van der Waals surface area contributed by atoms with Crippen molar-refractivity contribution in [1.82, 2.24) is 0 Å². The minimum Gasteiger partial charge on any atom is -0.400 e. The fourth-order valence-electron chi connectivity index (χ4n) is 4.41. The predicted octanol–water partition coefficient (Wildman–Crippen LogP) is 4.47. The highest BCUT2D eigenvalue weighted by Crippen LogP contribution is 2.47. The number of rotatable bonds is 12. The SMILES string of the molecule is CO.COS(=O)(=O)CCCC[N+]1=C(C)C(C)(CCCCCC=O)c2c(F)c(C)c(C)c(F)c21. The maximum absolute atomic E-state index is 15.5. The first-order valence-electron chi connectivity index (χ1n) is 11.3. The van der Waals surface area contributed by atoms with E-state index in [0.717, 1.165) is 45.5 Å². The lowest BCUT2D eigenvalue weighted by Crippen LogP contribution is -2.31. The first-order chi connectivity index (χ1) is 15.5. The van der Waals surface area contributed by atoms with Crippen molar-refractivity contribution in [3.05, 3.63) is 28.3 Å². The van der Waals surface area contributed by atoms with Crippen LogP contribution in [0.15, 0.2) is 0 Å². The summed E-state index contributed by atoms with van der Waals surface area (Å²) in [7, 11) is -1.41. The summed E-state index contributed by atoms with van der Waals surface area (Å²) in [5.41, 5.74) is 1.51. The standard InChI is InChI=1S/C23H34F2NO4S.CH4O/c1-16-17(2)21(25)22-19(20(16)24)23(4,12-8-6-7-10-14-27)18(3)26(22)13-9-11-15-31(28,29)30-5;1-2/h14H,6-13,15H2,1-5H3;2H,1H3/q+1;. The quantitative estimate of drug-likeness (QED) is 0.202. The summed E-state index contributed by atoms with van der Waals surface area (Å²) < 4.78 is 60.3. The van der Waals surface area contributed by atoms with Gasteiger partial charge in [-0.05, 0) is 51.2 Å². The highest BCUT2D eigenvalue weighted by atomic mass is 32.2. The van der Waals surface area contributed by atoms with Crippen molar-refractivity contribution >= 4 is 27.8 Å². The molecule has 0 radical (unpaired) electrons. The fraction of sp³-hybridized carbons (Fsp3) is 0.667. The number of aliphatic hydroxyl groups is 1. The van der Waals surface area contributed by atoms with Crippen molar-refractivity contribution in [2.24, 2.45) is 0 Å². The summed E-state index contributed by atoms with van der Waals surface area (Å²) in [4.78, 5) is 10.6. The number of benzene rings is 1. The molecule has 0 aliphatic carbocycles. The van der Waals surface area contributed by atoms with E-state index in [1.165, 1.54) is 0 Å². The highest BCUT2D eigenvalue weighted by molar-refractivity contribution is 7.86. The number of aliphatic hydroxyl groups excluding tert-OH is 1. The molecule has 0 fully saturated rings. The van der Waals surface area contributed by atoms with E-state index in [2.05, 4.69) is 4.18 Å². The van der Waals surface area contributed by atoms with Crippen LogP contribution in [0.5, 0.6) is 0 Å². The van der Waals surface area contributed by atoms with E-state index in [1.54, 1.807) is 13.8 Å². The molecule has 1 unspecified atom stereocenters. The fourth-order valence-corrected chi connectivity index (χ4v) is 5.14. The molecular weight excluding hydrogens is 452 g/mol. The highest BCUT2D eigenvalue weighted by Gasteiger charge is 2.50. The van der Waals surface area contributed by atoms with Crippen LogP contribution >= 0.6 is 0 Å². The van der Waals surface area contributed by atoms with E-state index in [4.69, 9.17) is 5.11 Å². The van der Waals surface area contributed by atoms with Crippen LogP contribution in [0.2, 0.25) is 0 Å². The van der Waals surface area contributed by atoms with Gasteiger partial charge in [-0.25, -0.2) is 4.39 Å². The molecule has 0 aromatic heterocycles. The molecule has 9 heteroatoms. The Kier molecular flexibility index (Phi) is 11.3. The summed E-state index contributed by atoms with van der Waals surface area (Å²) in [6, 6.07) is 0. The van der Waals surface area contributed by atoms with Gasteiger partial charge in [-0.15, -0.1) is 0 Å². The summed E-state index contributed by atoms with van der Waals surface area (Å²) in [5, 5.41) is 7.00. The van der Waals surface area contributed by atoms with Crippen LogP contribution in [0.25, 0.3) is 0 Å². The van der Waals surface area contributed by atoms with Gasteiger partial charge in [-0.3, -0.25) is 4.18 Å². The smallest absolute Gasteiger partial charge is 0.267 e. The van der Waals surface area contributed by atoms with Gasteiger partial charge in [0.1, 0.15) is 18.6 Å². The number of fused-ring (bicyclic) bond motifs is 1. The normalized spacial score (nSPS) is 17.6. The average Bonchev–Trinajstić information content (AvgIpc) is 3.02. The lowest BCUT2D eigenvalue weighted by molar-refractivity contribution is -0.442. The second-order valence-electron chi connectivity index (χ2n) is 8.57. The molecule has 1 aliphatic rings. The number of halogens is 2. The van der Waals surface area contributed by atoms with Gasteiger partial charge in [-0.1, -0.05) is 12.8 Å². The Balaban J connectivity index is 0.00000265. The summed E-state index contributed by atoms with van der Waals surface area (Å²) in [6.07, 6.45) is 5.36. The number of carbonyl (C=O) groups excluding carboxylic acids is 1. The van der Waals surface area contributed by atoms with Gasteiger partial charge in [0.15, 0.2) is 11.5 Å². The minimum atomic E-state index is -3.54. The average molecular weight is 491 g/mol. The van der Waals surface area contributed by atoms with Crippen molar-refractivity contribution < 1.29 is 35.9 Å². The van der Waals surface area contributed by atoms with E-state index in [9.17, 15) is 13.2 Å². The summed E-state index contributed by atoms with van der Waals surface area (Å²) in [5.74, 6) is -0.892. The second-order valence-corrected chi connectivity index (χ2v) is 10.4. The van der Waals surface area contributed by atoms with E-state index < -0.39 is 21.4 Å². The largest absolute Gasteiger partial charge is 0.400 e. The number of aldehydes is 1. The van der Waals surface area contributed by atoms with Gasteiger partial charge >= 0.3 is 0 Å². The molecule has 0 bridgehead atoms. The molecule has 0 saturated heterocycles. The van der Waals surface area contributed by atoms with Gasteiger partial charge in [0, 0.05) is 26.9 Å². The molecule has 6 nitrogen and oxygen atoms in total. The number of nitrogens with zero attached hydrogens (tertiary/aromatic N) is 1. The Morgan fingerprint density at radius 3 is 2.18 bits per heavy atom. The molecule has 188 valence electrons. The van der Waals surface area contributed by atoms with Crippen molar-refractivity contribution in [3.8, 4) is 0 Å². The van der Waals surface area contributed by atoms with E-state index in [-0.39, 0.29) is 17.3 Å². The Morgan fingerprint density at radius 1 is 1.00 bits per heavy atom. The number of carbonyl (C=O) groups is 1. The molecule has 33 heavy (non-hydrogen) atoms. The van der Waals surface area contributed by atoms with Crippen LogP contribution in [-0.2, 0) is 24.5 Å². The first kappa shape index (κ1) is 29.3. The second kappa shape index (κ2) is 12.7. The van der Waals surface area contributed by atoms with Gasteiger partial charge in [-0.2, -0.15) is 17.4 Å². The van der Waals surface area contributed by atoms with Gasteiger partial charge in [0.05, 0.1) is 23.8 Å². The van der Waals surface area contributed by atoms with Crippen molar-refractivity contribution in [2.75, 3.05) is 26.5 Å². The molecule has 0 saturated carbocycles. The number of hydrogen-bond acceptors (Lipinski definition) is 5. The molecule has 1 atom stereocenters. The van der Waals surface area contributed by atoms with Crippen molar-refractivity contribution in [3.63, 3.8) is 0 Å². The van der Waals surface area contributed by atoms with Gasteiger partial charge < -0.3 is 9.90 Å². The lowest BCUT2D eigenvalue weighted by atomic mass is 9.74. The van der Waals surface area contributed by atoms with Crippen molar-refractivity contribution in [1.29, 1.82) is 0 Å². The van der Waals surface area contributed by atoms with Crippen LogP contribution in [0.1, 0.15) is 75.5 Å². The molecule has 2 rings (SSSR count). The predicted molar refractivity (Wildman–Crippen MR) is 126 cm³/mol. The van der Waals surface area contributed by atoms with E-state index in [0.29, 0.717) is 48.9 Å². The Bertz CT molecular complexity index is 976. The van der Waals surface area contributed by atoms with Gasteiger partial charge in [0.2, 0.25) is 5.69 Å². The van der Waals surface area contributed by atoms with E-state index in [1.807, 2.05) is 18.4 Å². The molecule has 1 N–H and O–H groups in total. The first-order valence-corrected chi connectivity index (χ1v) is 12.9. The Morgan fingerprint density at radius 2 is 1.61 bits per heavy atom. The molecule has 1 aromatic carbocycles. The number of unbranched alkanes of at least 4 members (excludes halogenated alkanes) is 4. The summed E-state index contributed by atoms with van der Waals surface area (Å²) in [6.45, 7) is 7.44. The number of hydrogen-bond donors (Lipinski definition) is 1.